The molecule has 1 aromatic heterocycles. The molecule has 1 unspecified atom stereocenters. The van der Waals surface area contributed by atoms with Gasteiger partial charge in [-0.15, -0.1) is 0 Å². The zero-order chi connectivity index (χ0) is 17.4. The van der Waals surface area contributed by atoms with E-state index in [4.69, 9.17) is 11.6 Å². The molecule has 0 saturated heterocycles. The molecule has 2 aliphatic rings. The van der Waals surface area contributed by atoms with Crippen LogP contribution in [0.2, 0.25) is 5.02 Å². The van der Waals surface area contributed by atoms with Gasteiger partial charge < -0.3 is 4.90 Å². The SMILES string of the molecule is CC1CC(c2cncc(N3CCc4cc(Cl)ccc4C3=O)c2)=CC=N1. The highest BCUT2D eigenvalue weighted by atomic mass is 35.5. The number of carbonyl (C=O) groups excluding carboxylic acids is 1. The average molecular weight is 352 g/mol. The summed E-state index contributed by atoms with van der Waals surface area (Å²) in [6, 6.07) is 7.78. The number of anilines is 1. The average Bonchev–Trinajstić information content (AvgIpc) is 2.62. The van der Waals surface area contributed by atoms with Crippen LogP contribution in [-0.4, -0.2) is 29.7 Å². The number of aliphatic imine (C=N–C) groups is 1. The van der Waals surface area contributed by atoms with Crippen molar-refractivity contribution in [3.8, 4) is 0 Å². The van der Waals surface area contributed by atoms with Gasteiger partial charge in [-0.2, -0.15) is 0 Å². The molecule has 4 nitrogen and oxygen atoms in total. The first-order valence-corrected chi connectivity index (χ1v) is 8.77. The molecular weight excluding hydrogens is 334 g/mol. The second kappa shape index (κ2) is 6.45. The highest BCUT2D eigenvalue weighted by molar-refractivity contribution is 6.30. The third kappa shape index (κ3) is 3.10. The molecule has 0 spiro atoms. The van der Waals surface area contributed by atoms with Crippen LogP contribution in [0.1, 0.15) is 34.8 Å². The second-order valence-corrected chi connectivity index (χ2v) is 6.92. The van der Waals surface area contributed by atoms with Gasteiger partial charge in [-0.3, -0.25) is 14.8 Å². The Balaban J connectivity index is 1.66. The molecule has 4 rings (SSSR count). The summed E-state index contributed by atoms with van der Waals surface area (Å²) in [5.74, 6) is 0.00409. The normalized spacial score (nSPS) is 19.6. The first kappa shape index (κ1) is 16.0. The number of rotatable bonds is 2. The van der Waals surface area contributed by atoms with Crippen molar-refractivity contribution in [1.29, 1.82) is 0 Å². The lowest BCUT2D eigenvalue weighted by molar-refractivity contribution is 0.0980. The van der Waals surface area contributed by atoms with Crippen LogP contribution in [0, 0.1) is 0 Å². The van der Waals surface area contributed by atoms with Crippen LogP contribution < -0.4 is 4.90 Å². The maximum absolute atomic E-state index is 12.9. The lowest BCUT2D eigenvalue weighted by Gasteiger charge is -2.29. The predicted molar refractivity (Wildman–Crippen MR) is 102 cm³/mol. The molecule has 0 N–H and O–H groups in total. The molecule has 2 aliphatic heterocycles. The van der Waals surface area contributed by atoms with E-state index in [1.807, 2.05) is 36.7 Å². The lowest BCUT2D eigenvalue weighted by atomic mass is 9.97. The Kier molecular flexibility index (Phi) is 4.14. The minimum atomic E-state index is 0.00409. The number of pyridine rings is 1. The third-order valence-corrected chi connectivity index (χ3v) is 4.92. The fourth-order valence-corrected chi connectivity index (χ4v) is 3.58. The number of hydrogen-bond acceptors (Lipinski definition) is 3. The summed E-state index contributed by atoms with van der Waals surface area (Å²) in [6.45, 7) is 2.73. The van der Waals surface area contributed by atoms with Crippen molar-refractivity contribution in [2.24, 2.45) is 4.99 Å². The van der Waals surface area contributed by atoms with Gasteiger partial charge in [-0.05, 0) is 66.8 Å². The minimum absolute atomic E-state index is 0.00409. The van der Waals surface area contributed by atoms with E-state index in [-0.39, 0.29) is 11.9 Å². The highest BCUT2D eigenvalue weighted by Crippen LogP contribution is 2.29. The van der Waals surface area contributed by atoms with Crippen LogP contribution in [0.5, 0.6) is 0 Å². The summed E-state index contributed by atoms with van der Waals surface area (Å²) in [5, 5.41) is 0.670. The minimum Gasteiger partial charge on any atom is -0.306 e. The van der Waals surface area contributed by atoms with Crippen LogP contribution in [-0.2, 0) is 6.42 Å². The lowest BCUT2D eigenvalue weighted by Crippen LogP contribution is -2.37. The number of hydrogen-bond donors (Lipinski definition) is 0. The molecule has 3 heterocycles. The summed E-state index contributed by atoms with van der Waals surface area (Å²) in [7, 11) is 0. The summed E-state index contributed by atoms with van der Waals surface area (Å²) in [6.07, 6.45) is 9.15. The van der Waals surface area contributed by atoms with Gasteiger partial charge in [0.05, 0.1) is 17.9 Å². The van der Waals surface area contributed by atoms with Crippen molar-refractivity contribution < 1.29 is 4.79 Å². The van der Waals surface area contributed by atoms with Crippen molar-refractivity contribution >= 4 is 35.0 Å². The van der Waals surface area contributed by atoms with E-state index in [2.05, 4.69) is 16.9 Å². The molecule has 25 heavy (non-hydrogen) atoms. The topological polar surface area (TPSA) is 45.6 Å². The Morgan fingerprint density at radius 3 is 2.96 bits per heavy atom. The standard InChI is InChI=1S/C20H18ClN3O/c1-13-8-14(4-6-23-13)16-10-18(12-22-11-16)24-7-5-15-9-17(21)2-3-19(15)20(24)25/h2-4,6,9-13H,5,7-8H2,1H3. The van der Waals surface area contributed by atoms with E-state index >= 15 is 0 Å². The molecule has 1 amide bonds. The number of fused-ring (bicyclic) bond motifs is 1. The molecule has 1 aromatic carbocycles. The van der Waals surface area contributed by atoms with Crippen LogP contribution in [0.3, 0.4) is 0 Å². The zero-order valence-corrected chi connectivity index (χ0v) is 14.7. The van der Waals surface area contributed by atoms with Crippen LogP contribution in [0.4, 0.5) is 5.69 Å². The third-order valence-electron chi connectivity index (χ3n) is 4.69. The number of benzene rings is 1. The van der Waals surface area contributed by atoms with Crippen molar-refractivity contribution in [3.63, 3.8) is 0 Å². The monoisotopic (exact) mass is 351 g/mol. The van der Waals surface area contributed by atoms with Gasteiger partial charge in [0.25, 0.3) is 5.91 Å². The zero-order valence-electron chi connectivity index (χ0n) is 13.9. The maximum atomic E-state index is 12.9. The van der Waals surface area contributed by atoms with Crippen molar-refractivity contribution in [2.45, 2.75) is 25.8 Å². The summed E-state index contributed by atoms with van der Waals surface area (Å²) < 4.78 is 0. The number of halogens is 1. The second-order valence-electron chi connectivity index (χ2n) is 6.48. The molecule has 2 aromatic rings. The van der Waals surface area contributed by atoms with E-state index in [0.29, 0.717) is 11.6 Å². The number of dihydropyridines is 1. The number of nitrogens with zero attached hydrogens (tertiary/aromatic N) is 3. The fraction of sp³-hybridized carbons (Fsp3) is 0.250. The van der Waals surface area contributed by atoms with Crippen molar-refractivity contribution in [2.75, 3.05) is 11.4 Å². The summed E-state index contributed by atoms with van der Waals surface area (Å²) >= 11 is 6.04. The summed E-state index contributed by atoms with van der Waals surface area (Å²) in [5.41, 5.74) is 4.81. The van der Waals surface area contributed by atoms with E-state index in [9.17, 15) is 4.79 Å². The van der Waals surface area contributed by atoms with E-state index in [0.717, 1.165) is 35.2 Å². The smallest absolute Gasteiger partial charge is 0.258 e. The summed E-state index contributed by atoms with van der Waals surface area (Å²) in [4.78, 5) is 23.4. The fourth-order valence-electron chi connectivity index (χ4n) is 3.39. The van der Waals surface area contributed by atoms with Gasteiger partial charge in [0.2, 0.25) is 0 Å². The van der Waals surface area contributed by atoms with Crippen LogP contribution in [0.15, 0.2) is 47.7 Å². The number of allylic oxidation sites excluding steroid dienone is 1. The molecule has 0 radical (unpaired) electrons. The molecule has 0 aliphatic carbocycles. The quantitative estimate of drug-likeness (QED) is 0.814. The molecule has 0 saturated carbocycles. The highest BCUT2D eigenvalue weighted by Gasteiger charge is 2.26. The van der Waals surface area contributed by atoms with Crippen LogP contribution in [0.25, 0.3) is 5.57 Å². The van der Waals surface area contributed by atoms with Gasteiger partial charge in [-0.25, -0.2) is 0 Å². The van der Waals surface area contributed by atoms with Gasteiger partial charge in [0.15, 0.2) is 0 Å². The molecular formula is C20H18ClN3O. The Bertz CT molecular complexity index is 904. The Hall–Kier alpha value is -2.46. The molecule has 0 bridgehead atoms. The first-order valence-electron chi connectivity index (χ1n) is 8.40. The van der Waals surface area contributed by atoms with E-state index < -0.39 is 0 Å². The van der Waals surface area contributed by atoms with Crippen molar-refractivity contribution in [1.82, 2.24) is 4.98 Å². The number of amides is 1. The molecule has 1 atom stereocenters. The van der Waals surface area contributed by atoms with E-state index in [1.165, 1.54) is 5.57 Å². The van der Waals surface area contributed by atoms with Crippen molar-refractivity contribution in [3.05, 3.63) is 64.4 Å². The number of carbonyl (C=O) groups is 1. The van der Waals surface area contributed by atoms with Gasteiger partial charge in [0.1, 0.15) is 0 Å². The Morgan fingerprint density at radius 1 is 1.24 bits per heavy atom. The van der Waals surface area contributed by atoms with Gasteiger partial charge in [0, 0.05) is 29.5 Å². The largest absolute Gasteiger partial charge is 0.306 e. The van der Waals surface area contributed by atoms with Crippen LogP contribution >= 0.6 is 11.6 Å². The molecule has 5 heteroatoms. The Morgan fingerprint density at radius 2 is 2.12 bits per heavy atom. The first-order chi connectivity index (χ1) is 12.1. The molecule has 0 fully saturated rings. The van der Waals surface area contributed by atoms with Gasteiger partial charge >= 0.3 is 0 Å². The Labute approximate surface area is 151 Å². The maximum Gasteiger partial charge on any atom is 0.258 e. The van der Waals surface area contributed by atoms with E-state index in [1.54, 1.807) is 17.2 Å². The number of aromatic nitrogens is 1. The molecule has 126 valence electrons. The van der Waals surface area contributed by atoms with Gasteiger partial charge in [-0.1, -0.05) is 11.6 Å². The predicted octanol–water partition coefficient (Wildman–Crippen LogP) is 4.18.